The van der Waals surface area contributed by atoms with Crippen LogP contribution in [-0.2, 0) is 13.8 Å². The molecule has 7 nitrogen and oxygen atoms in total. The van der Waals surface area contributed by atoms with Gasteiger partial charge in [0.05, 0.1) is 10.5 Å². The maximum absolute atomic E-state index is 13.7. The molecule has 0 unspecified atom stereocenters. The minimum atomic E-state index is -4.58. The molecule has 1 fully saturated rings. The summed E-state index contributed by atoms with van der Waals surface area (Å²) in [6.45, 7) is 0. The van der Waals surface area contributed by atoms with Gasteiger partial charge in [0, 0.05) is 16.7 Å². The first-order valence-electron chi connectivity index (χ1n) is 5.83. The first-order valence-corrected chi connectivity index (χ1v) is 8.14. The lowest BCUT2D eigenvalue weighted by Gasteiger charge is -2.25. The normalized spacial score (nSPS) is 15.3. The number of nitrogens with zero attached hydrogens (tertiary/aromatic N) is 1. The number of hydrogen-bond donors (Lipinski definition) is 0. The second-order valence-electron chi connectivity index (χ2n) is 4.46. The van der Waals surface area contributed by atoms with Crippen molar-refractivity contribution in [3.05, 3.63) is 33.6 Å². The smallest absolute Gasteiger partial charge is 0.338 e. The maximum Gasteiger partial charge on any atom is 0.338 e. The minimum absolute atomic E-state index is 0.308. The van der Waals surface area contributed by atoms with Crippen LogP contribution in [0, 0.1) is 15.9 Å². The number of nitro groups is 1. The molecule has 2 rings (SSSR count). The van der Waals surface area contributed by atoms with Crippen LogP contribution in [0.4, 0.5) is 10.1 Å². The van der Waals surface area contributed by atoms with E-state index in [1.165, 1.54) is 0 Å². The van der Waals surface area contributed by atoms with Gasteiger partial charge in [-0.3, -0.25) is 10.1 Å². The lowest BCUT2D eigenvalue weighted by Crippen LogP contribution is -2.25. The lowest BCUT2D eigenvalue weighted by atomic mass is 9.96. The van der Waals surface area contributed by atoms with Crippen LogP contribution in [0.1, 0.15) is 29.6 Å². The van der Waals surface area contributed by atoms with Crippen LogP contribution in [-0.4, -0.2) is 25.4 Å². The van der Waals surface area contributed by atoms with Crippen molar-refractivity contribution in [1.82, 2.24) is 0 Å². The van der Waals surface area contributed by atoms with Gasteiger partial charge in [-0.15, -0.1) is 0 Å². The molecular weight excluding hydrogens is 329 g/mol. The third-order valence-electron chi connectivity index (χ3n) is 3.04. The summed E-state index contributed by atoms with van der Waals surface area (Å²) >= 11 is 0. The van der Waals surface area contributed by atoms with Crippen molar-refractivity contribution < 1.29 is 27.3 Å². The van der Waals surface area contributed by atoms with Crippen LogP contribution in [0.15, 0.2) is 17.0 Å². The van der Waals surface area contributed by atoms with Crippen LogP contribution in [0.5, 0.6) is 0 Å². The Labute approximate surface area is 123 Å². The molecule has 10 heteroatoms. The zero-order valence-corrected chi connectivity index (χ0v) is 12.0. The second kappa shape index (κ2) is 5.57. The Balaban J connectivity index is 2.48. The Morgan fingerprint density at radius 3 is 2.48 bits per heavy atom. The van der Waals surface area contributed by atoms with Gasteiger partial charge in [-0.05, 0) is 25.3 Å². The first-order chi connectivity index (χ1) is 9.70. The molecule has 0 aromatic heterocycles. The number of hydrogen-bond acceptors (Lipinski definition) is 6. The van der Waals surface area contributed by atoms with Gasteiger partial charge >= 0.3 is 11.7 Å². The summed E-state index contributed by atoms with van der Waals surface area (Å²) in [6, 6.07) is 1.26. The highest BCUT2D eigenvalue weighted by Gasteiger charge is 2.30. The number of esters is 1. The van der Waals surface area contributed by atoms with E-state index in [0.717, 1.165) is 6.42 Å². The highest BCUT2D eigenvalue weighted by Crippen LogP contribution is 2.30. The molecule has 0 spiro atoms. The van der Waals surface area contributed by atoms with Crippen LogP contribution < -0.4 is 0 Å². The number of ether oxygens (including phenoxy) is 1. The van der Waals surface area contributed by atoms with E-state index in [9.17, 15) is 27.7 Å². The zero-order valence-electron chi connectivity index (χ0n) is 10.4. The van der Waals surface area contributed by atoms with Crippen LogP contribution >= 0.6 is 10.7 Å². The molecule has 21 heavy (non-hydrogen) atoms. The molecule has 1 saturated carbocycles. The van der Waals surface area contributed by atoms with Gasteiger partial charge < -0.3 is 4.74 Å². The zero-order chi connectivity index (χ0) is 15.8. The average molecular weight is 338 g/mol. The summed E-state index contributed by atoms with van der Waals surface area (Å²) in [7, 11) is 0.438. The molecule has 0 aliphatic heterocycles. The summed E-state index contributed by atoms with van der Waals surface area (Å²) in [5, 5.41) is 10.7. The van der Waals surface area contributed by atoms with Gasteiger partial charge in [0.2, 0.25) is 5.82 Å². The third kappa shape index (κ3) is 3.30. The van der Waals surface area contributed by atoms with Gasteiger partial charge in [-0.25, -0.2) is 13.2 Å². The van der Waals surface area contributed by atoms with Crippen molar-refractivity contribution in [1.29, 1.82) is 0 Å². The molecule has 1 aliphatic rings. The average Bonchev–Trinajstić information content (AvgIpc) is 2.31. The molecule has 1 aromatic carbocycles. The van der Waals surface area contributed by atoms with Gasteiger partial charge in [0.25, 0.3) is 9.05 Å². The molecule has 0 saturated heterocycles. The van der Waals surface area contributed by atoms with E-state index in [1.807, 2.05) is 0 Å². The maximum atomic E-state index is 13.7. The Hall–Kier alpha value is -1.74. The van der Waals surface area contributed by atoms with Crippen molar-refractivity contribution in [3.63, 3.8) is 0 Å². The van der Waals surface area contributed by atoms with E-state index in [0.29, 0.717) is 25.0 Å². The molecule has 0 amide bonds. The van der Waals surface area contributed by atoms with E-state index in [4.69, 9.17) is 15.4 Å². The molecule has 114 valence electrons. The Morgan fingerprint density at radius 2 is 2.05 bits per heavy atom. The second-order valence-corrected chi connectivity index (χ2v) is 7.00. The molecule has 1 aromatic rings. The largest absolute Gasteiger partial charge is 0.459 e. The Morgan fingerprint density at radius 1 is 1.43 bits per heavy atom. The van der Waals surface area contributed by atoms with Gasteiger partial charge in [-0.2, -0.15) is 4.39 Å². The monoisotopic (exact) mass is 337 g/mol. The number of benzene rings is 1. The fraction of sp³-hybridized carbons (Fsp3) is 0.364. The quantitative estimate of drug-likeness (QED) is 0.361. The molecule has 0 bridgehead atoms. The van der Waals surface area contributed by atoms with E-state index >= 15 is 0 Å². The minimum Gasteiger partial charge on any atom is -0.459 e. The summed E-state index contributed by atoms with van der Waals surface area (Å²) in [6.07, 6.45) is 1.91. The molecular formula is C11H9ClFNO6S. The SMILES string of the molecule is O=C(OC1CCC1)c1cc([N+](=O)[O-])c(F)c(S(=O)(=O)Cl)c1. The highest BCUT2D eigenvalue weighted by molar-refractivity contribution is 8.13. The topological polar surface area (TPSA) is 104 Å². The fourth-order valence-electron chi connectivity index (χ4n) is 1.72. The standard InChI is InChI=1S/C11H9ClFNO6S/c12-21(18,19)9-5-6(4-8(10(9)13)14(16)17)11(15)20-7-2-1-3-7/h4-5,7H,1-3H2. The molecule has 0 N–H and O–H groups in total. The Bertz CT molecular complexity index is 716. The molecule has 0 atom stereocenters. The number of rotatable bonds is 4. The molecule has 0 heterocycles. The van der Waals surface area contributed by atoms with Gasteiger partial charge in [-0.1, -0.05) is 0 Å². The van der Waals surface area contributed by atoms with E-state index in [1.54, 1.807) is 0 Å². The van der Waals surface area contributed by atoms with Gasteiger partial charge in [0.1, 0.15) is 11.0 Å². The van der Waals surface area contributed by atoms with E-state index < -0.39 is 41.9 Å². The number of carbonyl (C=O) groups is 1. The lowest BCUT2D eigenvalue weighted by molar-refractivity contribution is -0.387. The van der Waals surface area contributed by atoms with Crippen molar-refractivity contribution in [2.24, 2.45) is 0 Å². The highest BCUT2D eigenvalue weighted by atomic mass is 35.7. The summed E-state index contributed by atoms with van der Waals surface area (Å²) in [5.41, 5.74) is -1.59. The summed E-state index contributed by atoms with van der Waals surface area (Å²) < 4.78 is 41.2. The van der Waals surface area contributed by atoms with Crippen LogP contribution in [0.3, 0.4) is 0 Å². The summed E-state index contributed by atoms with van der Waals surface area (Å²) in [5.74, 6) is -2.57. The van der Waals surface area contributed by atoms with Crippen molar-refractivity contribution in [2.75, 3.05) is 0 Å². The van der Waals surface area contributed by atoms with Crippen molar-refractivity contribution in [3.8, 4) is 0 Å². The van der Waals surface area contributed by atoms with E-state index in [2.05, 4.69) is 0 Å². The number of nitro benzene ring substituents is 1. The third-order valence-corrected chi connectivity index (χ3v) is 4.36. The van der Waals surface area contributed by atoms with Crippen molar-refractivity contribution in [2.45, 2.75) is 30.3 Å². The molecule has 0 radical (unpaired) electrons. The van der Waals surface area contributed by atoms with E-state index in [-0.39, 0.29) is 6.10 Å². The van der Waals surface area contributed by atoms with Crippen molar-refractivity contribution >= 4 is 31.4 Å². The fourth-order valence-corrected chi connectivity index (χ4v) is 2.64. The number of carbonyl (C=O) groups excluding carboxylic acids is 1. The van der Waals surface area contributed by atoms with Crippen LogP contribution in [0.2, 0.25) is 0 Å². The molecule has 1 aliphatic carbocycles. The van der Waals surface area contributed by atoms with Crippen LogP contribution in [0.25, 0.3) is 0 Å². The summed E-state index contributed by atoms with van der Waals surface area (Å²) in [4.78, 5) is 20.3. The predicted octanol–water partition coefficient (Wildman–Crippen LogP) is 2.37. The number of halogens is 2. The first kappa shape index (κ1) is 15.6. The van der Waals surface area contributed by atoms with Gasteiger partial charge in [0.15, 0.2) is 0 Å². The Kier molecular flexibility index (Phi) is 4.15. The predicted molar refractivity (Wildman–Crippen MR) is 69.1 cm³/mol.